The molecule has 0 spiro atoms. The third-order valence-electron chi connectivity index (χ3n) is 13.1. The summed E-state index contributed by atoms with van der Waals surface area (Å²) in [5, 5.41) is 10.3. The van der Waals surface area contributed by atoms with Crippen molar-refractivity contribution in [3.8, 4) is 0 Å². The van der Waals surface area contributed by atoms with Crippen molar-refractivity contribution in [2.24, 2.45) is 11.8 Å². The minimum atomic E-state index is -1.73. The fourth-order valence-corrected chi connectivity index (χ4v) is 8.30. The van der Waals surface area contributed by atoms with E-state index in [0.29, 0.717) is 16.9 Å². The second kappa shape index (κ2) is 24.4. The molecule has 61 heavy (non-hydrogen) atoms. The maximum atomic E-state index is 9.73. The molecule has 336 valence electrons. The third-order valence-corrected chi connectivity index (χ3v) is 22.8. The highest BCUT2D eigenvalue weighted by atomic mass is 35.6. The van der Waals surface area contributed by atoms with Gasteiger partial charge in [0.1, 0.15) is 0 Å². The Balaban J connectivity index is 0.000000233. The summed E-state index contributed by atoms with van der Waals surface area (Å²) in [6.45, 7) is 36.3. The molecule has 2 saturated heterocycles. The lowest BCUT2D eigenvalue weighted by Crippen LogP contribution is -2.43. The Kier molecular flexibility index (Phi) is 20.4. The van der Waals surface area contributed by atoms with Gasteiger partial charge < -0.3 is 9.53 Å². The molecule has 4 aromatic carbocycles. The van der Waals surface area contributed by atoms with Crippen LogP contribution < -0.4 is 0 Å². The number of hydrogen-bond donors (Lipinski definition) is 1. The lowest BCUT2D eigenvalue weighted by molar-refractivity contribution is 0.161. The van der Waals surface area contributed by atoms with Gasteiger partial charge in [-0.1, -0.05) is 176 Å². The van der Waals surface area contributed by atoms with Crippen LogP contribution in [0.1, 0.15) is 63.8 Å². The summed E-state index contributed by atoms with van der Waals surface area (Å²) in [6, 6.07) is 43.0. The van der Waals surface area contributed by atoms with Gasteiger partial charge in [0.15, 0.2) is 15.7 Å². The van der Waals surface area contributed by atoms with Gasteiger partial charge in [-0.05, 0) is 45.4 Å². The molecule has 6 rings (SSSR count). The maximum absolute atomic E-state index is 9.73. The van der Waals surface area contributed by atoms with E-state index in [1.807, 2.05) is 0 Å². The molecule has 6 nitrogen and oxygen atoms in total. The average molecular weight is 886 g/mol. The molecule has 0 bridgehead atoms. The Labute approximate surface area is 379 Å². The van der Waals surface area contributed by atoms with Gasteiger partial charge in [0.2, 0.25) is 0 Å². The molecule has 2 aliphatic rings. The Morgan fingerprint density at radius 3 is 0.984 bits per heavy atom. The van der Waals surface area contributed by atoms with Gasteiger partial charge in [-0.15, -0.1) is 0 Å². The Morgan fingerprint density at radius 1 is 0.492 bits per heavy atom. The first kappa shape index (κ1) is 51.0. The molecule has 0 saturated carbocycles. The van der Waals surface area contributed by atoms with Crippen molar-refractivity contribution in [1.29, 1.82) is 0 Å². The average Bonchev–Trinajstić information content (AvgIpc) is 3.53. The van der Waals surface area contributed by atoms with E-state index in [2.05, 4.69) is 209 Å². The van der Waals surface area contributed by atoms with Crippen LogP contribution in [0.25, 0.3) is 0 Å². The zero-order valence-corrected chi connectivity index (χ0v) is 42.4. The van der Waals surface area contributed by atoms with E-state index in [-0.39, 0.29) is 11.6 Å². The molecule has 1 N–H and O–H groups in total. The SMILES string of the molecule is CC(C)(C)[Si](C)(C)Cl.CC(C)(C)[Si](C)(C)OCC1CN(Cc2ccccc2)CCN(Cc2ccccc2)C1.OCC1CN(Cc2ccccc2)CCN(Cc2ccccc2)C1. The minimum Gasteiger partial charge on any atom is -0.416 e. The summed E-state index contributed by atoms with van der Waals surface area (Å²) < 4.78 is 6.67. The minimum absolute atomic E-state index is 0.255. The normalized spacial score (nSPS) is 17.4. The van der Waals surface area contributed by atoms with Gasteiger partial charge in [-0.25, -0.2) is 0 Å². The number of benzene rings is 4. The molecule has 0 aliphatic carbocycles. The fraction of sp³-hybridized carbons (Fsp3) is 0.538. The first-order chi connectivity index (χ1) is 28.8. The number of halogens is 1. The number of rotatable bonds is 12. The monoisotopic (exact) mass is 885 g/mol. The third kappa shape index (κ3) is 18.5. The van der Waals surface area contributed by atoms with Crippen molar-refractivity contribution in [3.63, 3.8) is 0 Å². The zero-order chi connectivity index (χ0) is 44.5. The molecule has 0 aromatic heterocycles. The fourth-order valence-electron chi connectivity index (χ4n) is 7.21. The van der Waals surface area contributed by atoms with Gasteiger partial charge in [0.25, 0.3) is 0 Å². The smallest absolute Gasteiger partial charge is 0.191 e. The summed E-state index contributed by atoms with van der Waals surface area (Å²) in [5.74, 6) is 0.860. The maximum Gasteiger partial charge on any atom is 0.191 e. The predicted molar refractivity (Wildman–Crippen MR) is 267 cm³/mol. The van der Waals surface area contributed by atoms with Crippen LogP contribution in [-0.2, 0) is 30.6 Å². The lowest BCUT2D eigenvalue weighted by Gasteiger charge is -2.38. The van der Waals surface area contributed by atoms with Crippen molar-refractivity contribution >= 4 is 26.8 Å². The van der Waals surface area contributed by atoms with Crippen LogP contribution in [0, 0.1) is 11.8 Å². The first-order valence-electron chi connectivity index (χ1n) is 22.8. The molecule has 2 fully saturated rings. The van der Waals surface area contributed by atoms with Gasteiger partial charge in [-0.3, -0.25) is 19.6 Å². The van der Waals surface area contributed by atoms with Crippen LogP contribution in [0.15, 0.2) is 121 Å². The van der Waals surface area contributed by atoms with Gasteiger partial charge in [-0.2, -0.15) is 11.1 Å². The molecule has 4 aromatic rings. The van der Waals surface area contributed by atoms with Crippen LogP contribution in [0.2, 0.25) is 36.3 Å². The van der Waals surface area contributed by atoms with E-state index < -0.39 is 15.7 Å². The largest absolute Gasteiger partial charge is 0.416 e. The molecule has 0 atom stereocenters. The van der Waals surface area contributed by atoms with Crippen molar-refractivity contribution in [3.05, 3.63) is 144 Å². The zero-order valence-electron chi connectivity index (χ0n) is 39.6. The van der Waals surface area contributed by atoms with E-state index in [1.54, 1.807) is 0 Å². The Morgan fingerprint density at radius 2 is 0.754 bits per heavy atom. The quantitative estimate of drug-likeness (QED) is 0.113. The van der Waals surface area contributed by atoms with Crippen LogP contribution in [0.3, 0.4) is 0 Å². The Hall–Kier alpha value is -2.64. The highest BCUT2D eigenvalue weighted by molar-refractivity contribution is 7.20. The second-order valence-electron chi connectivity index (χ2n) is 20.6. The highest BCUT2D eigenvalue weighted by Gasteiger charge is 2.38. The van der Waals surface area contributed by atoms with Crippen LogP contribution >= 0.6 is 11.1 Å². The molecule has 0 unspecified atom stereocenters. The molecule has 0 amide bonds. The molecular formula is C52H81ClN4O2Si2. The van der Waals surface area contributed by atoms with Crippen molar-refractivity contribution in [2.45, 2.75) is 104 Å². The molecular weight excluding hydrogens is 804 g/mol. The molecule has 9 heteroatoms. The second-order valence-corrected chi connectivity index (χ2v) is 32.7. The van der Waals surface area contributed by atoms with Crippen LogP contribution in [0.4, 0.5) is 0 Å². The van der Waals surface area contributed by atoms with Gasteiger partial charge in [0, 0.05) is 104 Å². The summed E-state index contributed by atoms with van der Waals surface area (Å²) in [5.41, 5.74) is 5.50. The summed E-state index contributed by atoms with van der Waals surface area (Å²) in [7, 11) is -3.12. The standard InChI is InChI=1S/C26H40N2OSi.C20H26N2O.C6H15ClSi/c1-26(2,3)30(4,5)29-22-25-20-27(18-23-12-8-6-9-13-23)16-17-28(21-25)19-24-14-10-7-11-15-24;23-17-20-15-21(13-18-7-3-1-4-8-18)11-12-22(16-20)14-19-9-5-2-6-10-19;1-6(2,3)8(4,5)7/h6-15,25H,16-22H2,1-5H3;1-10,20,23H,11-17H2;1-5H3. The Bertz CT molecular complexity index is 1650. The summed E-state index contributed by atoms with van der Waals surface area (Å²) >= 11 is 6.15. The number of nitrogens with zero attached hydrogens (tertiary/aromatic N) is 4. The lowest BCUT2D eigenvalue weighted by atomic mass is 10.1. The number of aliphatic hydroxyl groups is 1. The van der Waals surface area contributed by atoms with E-state index in [0.717, 1.165) is 85.1 Å². The van der Waals surface area contributed by atoms with Crippen molar-refractivity contribution in [1.82, 2.24) is 19.6 Å². The number of hydrogen-bond acceptors (Lipinski definition) is 6. The van der Waals surface area contributed by atoms with Gasteiger partial charge in [0.05, 0.1) is 0 Å². The van der Waals surface area contributed by atoms with Crippen LogP contribution in [0.5, 0.6) is 0 Å². The van der Waals surface area contributed by atoms with Crippen molar-refractivity contribution < 1.29 is 9.53 Å². The van der Waals surface area contributed by atoms with E-state index in [4.69, 9.17) is 15.5 Å². The molecule has 0 radical (unpaired) electrons. The number of aliphatic hydroxyl groups excluding tert-OH is 1. The summed E-state index contributed by atoms with van der Waals surface area (Å²) in [4.78, 5) is 10.2. The summed E-state index contributed by atoms with van der Waals surface area (Å²) in [6.07, 6.45) is 0. The molecule has 2 heterocycles. The predicted octanol–water partition coefficient (Wildman–Crippen LogP) is 11.5. The van der Waals surface area contributed by atoms with Crippen molar-refractivity contribution in [2.75, 3.05) is 65.6 Å². The molecule has 2 aliphatic heterocycles. The first-order valence-corrected chi connectivity index (χ1v) is 29.7. The topological polar surface area (TPSA) is 42.4 Å². The van der Waals surface area contributed by atoms with E-state index in [9.17, 15) is 5.11 Å². The van der Waals surface area contributed by atoms with Gasteiger partial charge >= 0.3 is 0 Å². The van der Waals surface area contributed by atoms with E-state index >= 15 is 0 Å². The van der Waals surface area contributed by atoms with E-state index in [1.165, 1.54) is 22.3 Å². The highest BCUT2D eigenvalue weighted by Crippen LogP contribution is 2.38. The van der Waals surface area contributed by atoms with Crippen LogP contribution in [-0.4, -0.2) is 106 Å².